The largest absolute Gasteiger partial charge is 0.351 e. The summed E-state index contributed by atoms with van der Waals surface area (Å²) >= 11 is 0. The Hall–Kier alpha value is -0.900. The molecular weight excluding hydrogens is 250 g/mol. The van der Waals surface area contributed by atoms with Crippen LogP contribution >= 0.6 is 0 Å². The number of rotatable bonds is 9. The van der Waals surface area contributed by atoms with E-state index in [1.165, 1.54) is 11.1 Å². The van der Waals surface area contributed by atoms with Gasteiger partial charge in [0.15, 0.2) is 6.29 Å². The summed E-state index contributed by atoms with van der Waals surface area (Å²) in [7, 11) is 1.96. The minimum Gasteiger partial charge on any atom is -0.351 e. The van der Waals surface area contributed by atoms with Crippen LogP contribution in [0.25, 0.3) is 0 Å². The molecule has 20 heavy (non-hydrogen) atoms. The third kappa shape index (κ3) is 5.23. The minimum atomic E-state index is -0.195. The Labute approximate surface area is 123 Å². The number of likely N-dealkylation sites (N-methyl/N-ethyl adjacent to an activating group) is 1. The highest BCUT2D eigenvalue weighted by molar-refractivity contribution is 5.25. The predicted octanol–water partition coefficient (Wildman–Crippen LogP) is 3.34. The van der Waals surface area contributed by atoms with E-state index in [0.717, 1.165) is 6.42 Å². The molecule has 3 nitrogen and oxygen atoms in total. The highest BCUT2D eigenvalue weighted by Crippen LogP contribution is 2.16. The fourth-order valence-electron chi connectivity index (χ4n) is 2.24. The number of hydrogen-bond acceptors (Lipinski definition) is 3. The lowest BCUT2D eigenvalue weighted by Crippen LogP contribution is -2.42. The standard InChI is InChI=1S/C17H29NO2/c1-6-19-17(20-7-2)16(18-5)12-14-8-10-15(11-9-14)13(3)4/h8-11,13,16-18H,6-7,12H2,1-5H3. The smallest absolute Gasteiger partial charge is 0.172 e. The van der Waals surface area contributed by atoms with Crippen molar-refractivity contribution in [2.45, 2.75) is 52.4 Å². The Morgan fingerprint density at radius 3 is 1.95 bits per heavy atom. The average Bonchev–Trinajstić information content (AvgIpc) is 2.45. The summed E-state index contributed by atoms with van der Waals surface area (Å²) in [5.41, 5.74) is 2.68. The van der Waals surface area contributed by atoms with Gasteiger partial charge in [-0.25, -0.2) is 0 Å². The molecule has 0 fully saturated rings. The third-order valence-electron chi connectivity index (χ3n) is 3.46. The summed E-state index contributed by atoms with van der Waals surface area (Å²) in [5, 5.41) is 3.31. The fourth-order valence-corrected chi connectivity index (χ4v) is 2.24. The maximum atomic E-state index is 5.68. The van der Waals surface area contributed by atoms with Gasteiger partial charge in [0.05, 0.1) is 6.04 Å². The Morgan fingerprint density at radius 2 is 1.55 bits per heavy atom. The van der Waals surface area contributed by atoms with Crippen molar-refractivity contribution < 1.29 is 9.47 Å². The first-order chi connectivity index (χ1) is 9.62. The number of hydrogen-bond donors (Lipinski definition) is 1. The molecule has 1 aromatic rings. The van der Waals surface area contributed by atoms with Crippen LogP contribution < -0.4 is 5.32 Å². The van der Waals surface area contributed by atoms with Gasteiger partial charge in [-0.3, -0.25) is 0 Å². The van der Waals surface area contributed by atoms with Crippen molar-refractivity contribution >= 4 is 0 Å². The molecule has 1 rings (SSSR count). The molecule has 0 aromatic heterocycles. The van der Waals surface area contributed by atoms with E-state index in [1.807, 2.05) is 20.9 Å². The van der Waals surface area contributed by atoms with Gasteiger partial charge in [-0.15, -0.1) is 0 Å². The first kappa shape index (κ1) is 17.2. The summed E-state index contributed by atoms with van der Waals surface area (Å²) < 4.78 is 11.4. The van der Waals surface area contributed by atoms with Crippen LogP contribution in [0.2, 0.25) is 0 Å². The first-order valence-electron chi connectivity index (χ1n) is 7.61. The molecular formula is C17H29NO2. The van der Waals surface area contributed by atoms with Crippen LogP contribution in [0, 0.1) is 0 Å². The van der Waals surface area contributed by atoms with Gasteiger partial charge in [0.25, 0.3) is 0 Å². The second-order valence-corrected chi connectivity index (χ2v) is 5.27. The Morgan fingerprint density at radius 1 is 1.00 bits per heavy atom. The van der Waals surface area contributed by atoms with Crippen molar-refractivity contribution in [2.24, 2.45) is 0 Å². The van der Waals surface area contributed by atoms with E-state index in [4.69, 9.17) is 9.47 Å². The van der Waals surface area contributed by atoms with Gasteiger partial charge in [-0.05, 0) is 44.4 Å². The average molecular weight is 279 g/mol. The molecule has 0 radical (unpaired) electrons. The van der Waals surface area contributed by atoms with E-state index in [1.54, 1.807) is 0 Å². The van der Waals surface area contributed by atoms with Gasteiger partial charge in [0.2, 0.25) is 0 Å². The summed E-state index contributed by atoms with van der Waals surface area (Å²) in [6, 6.07) is 9.00. The number of ether oxygens (including phenoxy) is 2. The number of benzene rings is 1. The van der Waals surface area contributed by atoms with Crippen LogP contribution in [-0.4, -0.2) is 32.6 Å². The van der Waals surface area contributed by atoms with Gasteiger partial charge >= 0.3 is 0 Å². The van der Waals surface area contributed by atoms with E-state index in [0.29, 0.717) is 19.1 Å². The van der Waals surface area contributed by atoms with Crippen molar-refractivity contribution in [3.05, 3.63) is 35.4 Å². The van der Waals surface area contributed by atoms with E-state index in [9.17, 15) is 0 Å². The molecule has 1 atom stereocenters. The Bertz CT molecular complexity index is 356. The van der Waals surface area contributed by atoms with Gasteiger partial charge in [0, 0.05) is 13.2 Å². The molecule has 114 valence electrons. The normalized spacial score (nSPS) is 13.2. The van der Waals surface area contributed by atoms with Crippen molar-refractivity contribution in [3.8, 4) is 0 Å². The molecule has 0 spiro atoms. The zero-order valence-electron chi connectivity index (χ0n) is 13.5. The monoisotopic (exact) mass is 279 g/mol. The summed E-state index contributed by atoms with van der Waals surface area (Å²) in [6.45, 7) is 9.74. The van der Waals surface area contributed by atoms with Gasteiger partial charge in [-0.1, -0.05) is 38.1 Å². The van der Waals surface area contributed by atoms with Crippen LogP contribution in [-0.2, 0) is 15.9 Å². The van der Waals surface area contributed by atoms with Gasteiger partial charge < -0.3 is 14.8 Å². The second kappa shape index (κ2) is 9.11. The maximum Gasteiger partial charge on any atom is 0.172 e. The summed E-state index contributed by atoms with van der Waals surface area (Å²) in [6.07, 6.45) is 0.708. The van der Waals surface area contributed by atoms with E-state index >= 15 is 0 Å². The second-order valence-electron chi connectivity index (χ2n) is 5.27. The van der Waals surface area contributed by atoms with E-state index in [2.05, 4.69) is 43.4 Å². The maximum absolute atomic E-state index is 5.68. The molecule has 0 aliphatic heterocycles. The molecule has 0 bridgehead atoms. The van der Waals surface area contributed by atoms with Gasteiger partial charge in [-0.2, -0.15) is 0 Å². The number of nitrogens with one attached hydrogen (secondary N) is 1. The van der Waals surface area contributed by atoms with Crippen LogP contribution in [0.4, 0.5) is 0 Å². The zero-order chi connectivity index (χ0) is 15.0. The lowest BCUT2D eigenvalue weighted by Gasteiger charge is -2.26. The molecule has 0 aliphatic rings. The molecule has 0 saturated heterocycles. The molecule has 3 heteroatoms. The predicted molar refractivity (Wildman–Crippen MR) is 84.1 cm³/mol. The van der Waals surface area contributed by atoms with Crippen molar-refractivity contribution in [1.82, 2.24) is 5.32 Å². The lowest BCUT2D eigenvalue weighted by atomic mass is 9.99. The SMILES string of the molecule is CCOC(OCC)C(Cc1ccc(C(C)C)cc1)NC. The molecule has 0 saturated carbocycles. The zero-order valence-corrected chi connectivity index (χ0v) is 13.5. The topological polar surface area (TPSA) is 30.5 Å². The van der Waals surface area contributed by atoms with Gasteiger partial charge in [0.1, 0.15) is 0 Å². The highest BCUT2D eigenvalue weighted by atomic mass is 16.7. The van der Waals surface area contributed by atoms with E-state index < -0.39 is 0 Å². The highest BCUT2D eigenvalue weighted by Gasteiger charge is 2.21. The molecule has 1 unspecified atom stereocenters. The quantitative estimate of drug-likeness (QED) is 0.703. The molecule has 0 amide bonds. The van der Waals surface area contributed by atoms with Crippen LogP contribution in [0.1, 0.15) is 44.7 Å². The van der Waals surface area contributed by atoms with Crippen molar-refractivity contribution in [3.63, 3.8) is 0 Å². The molecule has 0 heterocycles. The molecule has 0 aliphatic carbocycles. The van der Waals surface area contributed by atoms with E-state index in [-0.39, 0.29) is 12.3 Å². The lowest BCUT2D eigenvalue weighted by molar-refractivity contribution is -0.152. The first-order valence-corrected chi connectivity index (χ1v) is 7.61. The Balaban J connectivity index is 2.70. The van der Waals surface area contributed by atoms with Crippen LogP contribution in [0.3, 0.4) is 0 Å². The van der Waals surface area contributed by atoms with Crippen molar-refractivity contribution in [2.75, 3.05) is 20.3 Å². The summed E-state index contributed by atoms with van der Waals surface area (Å²) in [4.78, 5) is 0. The van der Waals surface area contributed by atoms with Crippen LogP contribution in [0.5, 0.6) is 0 Å². The molecule has 1 aromatic carbocycles. The van der Waals surface area contributed by atoms with Crippen molar-refractivity contribution in [1.29, 1.82) is 0 Å². The summed E-state index contributed by atoms with van der Waals surface area (Å²) in [5.74, 6) is 0.573. The minimum absolute atomic E-state index is 0.166. The fraction of sp³-hybridized carbons (Fsp3) is 0.647. The third-order valence-corrected chi connectivity index (χ3v) is 3.46. The Kier molecular flexibility index (Phi) is 7.82. The van der Waals surface area contributed by atoms with Crippen LogP contribution in [0.15, 0.2) is 24.3 Å². The molecule has 1 N–H and O–H groups in total.